The van der Waals surface area contributed by atoms with Gasteiger partial charge in [-0.05, 0) is 12.1 Å². The Morgan fingerprint density at radius 1 is 1.46 bits per heavy atom. The molecule has 0 fully saturated rings. The van der Waals surface area contributed by atoms with E-state index < -0.39 is 0 Å². The molecule has 1 heterocycles. The predicted molar refractivity (Wildman–Crippen MR) is 48.5 cm³/mol. The second-order valence-corrected chi connectivity index (χ2v) is 2.76. The molecule has 0 saturated heterocycles. The lowest BCUT2D eigenvalue weighted by Crippen LogP contribution is -2.42. The largest absolute Gasteiger partial charge is 0.482 e. The van der Waals surface area contributed by atoms with E-state index in [1.165, 1.54) is 4.90 Å². The summed E-state index contributed by atoms with van der Waals surface area (Å²) in [6, 6.07) is 7.36. The highest BCUT2D eigenvalue weighted by molar-refractivity contribution is 5.97. The van der Waals surface area contributed by atoms with Crippen molar-refractivity contribution in [3.63, 3.8) is 0 Å². The maximum absolute atomic E-state index is 11.3. The van der Waals surface area contributed by atoms with Gasteiger partial charge in [0.25, 0.3) is 5.91 Å². The number of hydrogen-bond acceptors (Lipinski definition) is 3. The second kappa shape index (κ2) is 3.06. The number of nitrogens with two attached hydrogens (primary N) is 1. The lowest BCUT2D eigenvalue weighted by atomic mass is 10.2. The molecule has 1 amide bonds. The van der Waals surface area contributed by atoms with Crippen LogP contribution in [0.1, 0.15) is 0 Å². The highest BCUT2D eigenvalue weighted by atomic mass is 16.5. The number of anilines is 1. The fraction of sp³-hybridized carbons (Fsp3) is 0.222. The molecule has 0 atom stereocenters. The van der Waals surface area contributed by atoms with Crippen molar-refractivity contribution in [1.29, 1.82) is 0 Å². The number of ether oxygens (including phenoxy) is 1. The van der Waals surface area contributed by atoms with Gasteiger partial charge >= 0.3 is 0 Å². The molecule has 1 aromatic rings. The highest BCUT2D eigenvalue weighted by Gasteiger charge is 2.23. The van der Waals surface area contributed by atoms with Crippen molar-refractivity contribution >= 4 is 11.6 Å². The van der Waals surface area contributed by atoms with Crippen LogP contribution in [0.15, 0.2) is 24.3 Å². The van der Waals surface area contributed by atoms with Gasteiger partial charge < -0.3 is 10.5 Å². The van der Waals surface area contributed by atoms with Crippen molar-refractivity contribution in [2.45, 2.75) is 0 Å². The lowest BCUT2D eigenvalue weighted by Gasteiger charge is -2.27. The smallest absolute Gasteiger partial charge is 0.266 e. The Morgan fingerprint density at radius 3 is 3.00 bits per heavy atom. The molecule has 1 aliphatic heterocycles. The first-order valence-electron chi connectivity index (χ1n) is 4.05. The van der Waals surface area contributed by atoms with E-state index in [2.05, 4.69) is 0 Å². The van der Waals surface area contributed by atoms with Crippen LogP contribution in [0, 0.1) is 0 Å². The van der Waals surface area contributed by atoms with E-state index in [9.17, 15) is 4.79 Å². The number of fused-ring (bicyclic) bond motifs is 1. The molecule has 0 saturated carbocycles. The summed E-state index contributed by atoms with van der Waals surface area (Å²) >= 11 is 0. The van der Waals surface area contributed by atoms with Gasteiger partial charge in [-0.3, -0.25) is 9.69 Å². The monoisotopic (exact) mass is 178 g/mol. The third kappa shape index (κ3) is 1.25. The van der Waals surface area contributed by atoms with Crippen LogP contribution in [0.3, 0.4) is 0 Å². The Bertz CT molecular complexity index is 338. The van der Waals surface area contributed by atoms with Crippen molar-refractivity contribution in [2.24, 2.45) is 5.73 Å². The summed E-state index contributed by atoms with van der Waals surface area (Å²) in [5, 5.41) is 0. The molecule has 2 rings (SSSR count). The van der Waals surface area contributed by atoms with Crippen molar-refractivity contribution in [3.05, 3.63) is 24.3 Å². The Morgan fingerprint density at radius 2 is 2.23 bits per heavy atom. The molecule has 0 aromatic heterocycles. The summed E-state index contributed by atoms with van der Waals surface area (Å²) in [5.74, 6) is 0.619. The fourth-order valence-electron chi connectivity index (χ4n) is 1.35. The van der Waals surface area contributed by atoms with Crippen LogP contribution in [0.5, 0.6) is 5.75 Å². The standard InChI is InChI=1S/C9H10N2O2/c10-6-11-7-3-1-2-4-8(7)13-5-9(11)12/h1-4H,5-6,10H2. The number of carbonyl (C=O) groups excluding carboxylic acids is 1. The van der Waals surface area contributed by atoms with Gasteiger partial charge in [0.15, 0.2) is 6.61 Å². The number of hydrogen-bond donors (Lipinski definition) is 1. The minimum Gasteiger partial charge on any atom is -0.482 e. The molecule has 0 bridgehead atoms. The summed E-state index contributed by atoms with van der Waals surface area (Å²) in [5.41, 5.74) is 6.21. The van der Waals surface area contributed by atoms with Crippen LogP contribution in [0.2, 0.25) is 0 Å². The van der Waals surface area contributed by atoms with E-state index in [4.69, 9.17) is 10.5 Å². The second-order valence-electron chi connectivity index (χ2n) is 2.76. The maximum Gasteiger partial charge on any atom is 0.266 e. The molecule has 2 N–H and O–H groups in total. The minimum atomic E-state index is -0.0961. The Labute approximate surface area is 75.9 Å². The van der Waals surface area contributed by atoms with E-state index in [1.54, 1.807) is 0 Å². The lowest BCUT2D eigenvalue weighted by molar-refractivity contribution is -0.121. The molecule has 68 valence electrons. The summed E-state index contributed by atoms with van der Waals surface area (Å²) in [7, 11) is 0. The number of carbonyl (C=O) groups is 1. The first-order chi connectivity index (χ1) is 6.33. The molecule has 0 unspecified atom stereocenters. The van der Waals surface area contributed by atoms with Gasteiger partial charge in [0, 0.05) is 0 Å². The van der Waals surface area contributed by atoms with E-state index in [-0.39, 0.29) is 19.2 Å². The zero-order valence-corrected chi connectivity index (χ0v) is 7.06. The van der Waals surface area contributed by atoms with E-state index in [0.717, 1.165) is 5.69 Å². The molecule has 0 radical (unpaired) electrons. The van der Waals surface area contributed by atoms with Crippen molar-refractivity contribution in [3.8, 4) is 5.75 Å². The molecule has 1 aromatic carbocycles. The molecule has 0 aliphatic carbocycles. The number of nitrogens with zero attached hydrogens (tertiary/aromatic N) is 1. The van der Waals surface area contributed by atoms with Gasteiger partial charge in [-0.2, -0.15) is 0 Å². The SMILES string of the molecule is NCN1C(=O)COc2ccccc21. The summed E-state index contributed by atoms with van der Waals surface area (Å²) in [6.07, 6.45) is 0. The predicted octanol–water partition coefficient (Wildman–Crippen LogP) is 0.328. The number of para-hydroxylation sites is 2. The normalized spacial score (nSPS) is 15.2. The zero-order chi connectivity index (χ0) is 9.26. The third-order valence-corrected chi connectivity index (χ3v) is 1.99. The zero-order valence-electron chi connectivity index (χ0n) is 7.06. The van der Waals surface area contributed by atoms with Crippen molar-refractivity contribution in [1.82, 2.24) is 0 Å². The van der Waals surface area contributed by atoms with Crippen molar-refractivity contribution < 1.29 is 9.53 Å². The van der Waals surface area contributed by atoms with Crippen LogP contribution >= 0.6 is 0 Å². The molecular formula is C9H10N2O2. The van der Waals surface area contributed by atoms with Gasteiger partial charge in [-0.1, -0.05) is 12.1 Å². The van der Waals surface area contributed by atoms with E-state index >= 15 is 0 Å². The summed E-state index contributed by atoms with van der Waals surface area (Å²) < 4.78 is 5.22. The fourth-order valence-corrected chi connectivity index (χ4v) is 1.35. The molecule has 13 heavy (non-hydrogen) atoms. The average molecular weight is 178 g/mol. The molecule has 0 spiro atoms. The van der Waals surface area contributed by atoms with E-state index in [0.29, 0.717) is 5.75 Å². The Kier molecular flexibility index (Phi) is 1.90. The van der Waals surface area contributed by atoms with Gasteiger partial charge in [-0.25, -0.2) is 0 Å². The minimum absolute atomic E-state index is 0.0776. The summed E-state index contributed by atoms with van der Waals surface area (Å²) in [4.78, 5) is 12.8. The average Bonchev–Trinajstić information content (AvgIpc) is 2.18. The highest BCUT2D eigenvalue weighted by Crippen LogP contribution is 2.30. The topological polar surface area (TPSA) is 55.6 Å². The maximum atomic E-state index is 11.3. The molecule has 1 aliphatic rings. The number of rotatable bonds is 1. The number of amides is 1. The quantitative estimate of drug-likeness (QED) is 0.674. The van der Waals surface area contributed by atoms with Crippen LogP contribution in [-0.4, -0.2) is 19.2 Å². The molecule has 4 heteroatoms. The Balaban J connectivity index is 2.45. The van der Waals surface area contributed by atoms with Gasteiger partial charge in [-0.15, -0.1) is 0 Å². The number of benzene rings is 1. The third-order valence-electron chi connectivity index (χ3n) is 1.99. The van der Waals surface area contributed by atoms with E-state index in [1.807, 2.05) is 24.3 Å². The van der Waals surface area contributed by atoms with Crippen LogP contribution in [0.4, 0.5) is 5.69 Å². The van der Waals surface area contributed by atoms with Gasteiger partial charge in [0.05, 0.1) is 12.4 Å². The van der Waals surface area contributed by atoms with Crippen molar-refractivity contribution in [2.75, 3.05) is 18.2 Å². The summed E-state index contributed by atoms with van der Waals surface area (Å²) in [6.45, 7) is 0.271. The van der Waals surface area contributed by atoms with Crippen LogP contribution < -0.4 is 15.4 Å². The first kappa shape index (κ1) is 8.07. The van der Waals surface area contributed by atoms with Gasteiger partial charge in [0.1, 0.15) is 5.75 Å². The van der Waals surface area contributed by atoms with Crippen LogP contribution in [0.25, 0.3) is 0 Å². The molecular weight excluding hydrogens is 168 g/mol. The molecule has 4 nitrogen and oxygen atoms in total. The van der Waals surface area contributed by atoms with Gasteiger partial charge in [0.2, 0.25) is 0 Å². The van der Waals surface area contributed by atoms with Crippen LogP contribution in [-0.2, 0) is 4.79 Å². The Hall–Kier alpha value is -1.55. The first-order valence-corrected chi connectivity index (χ1v) is 4.05.